The molecule has 1 saturated heterocycles. The second-order valence-corrected chi connectivity index (χ2v) is 7.23. The van der Waals surface area contributed by atoms with Crippen LogP contribution in [0.2, 0.25) is 0 Å². The molecular weight excluding hydrogens is 334 g/mol. The minimum absolute atomic E-state index is 0.0373. The van der Waals surface area contributed by atoms with Gasteiger partial charge in [-0.25, -0.2) is 8.78 Å². The summed E-state index contributed by atoms with van der Waals surface area (Å²) >= 11 is 0. The summed E-state index contributed by atoms with van der Waals surface area (Å²) in [6.07, 6.45) is 0.855. The molecule has 0 bridgehead atoms. The monoisotopic (exact) mass is 356 g/mol. The standard InChI is InChI=1S/C21H22F2N2O/c22-17-6-4-16(5-7-17)19-13-20(19)21(26)25-10-8-24(9-11-25)14-15-2-1-3-18(23)12-15/h1-7,12,19-20H,8-11,13-14H2/t19-,20+/m0/s1. The lowest BCUT2D eigenvalue weighted by Crippen LogP contribution is -2.48. The molecule has 2 fully saturated rings. The molecular formula is C21H22F2N2O. The molecule has 0 radical (unpaired) electrons. The van der Waals surface area contributed by atoms with Crippen molar-refractivity contribution in [3.8, 4) is 0 Å². The van der Waals surface area contributed by atoms with Gasteiger partial charge in [0.25, 0.3) is 0 Å². The Kier molecular flexibility index (Phi) is 4.72. The highest BCUT2D eigenvalue weighted by Gasteiger charge is 2.46. The minimum atomic E-state index is -0.244. The van der Waals surface area contributed by atoms with Crippen LogP contribution in [-0.4, -0.2) is 41.9 Å². The number of hydrogen-bond donors (Lipinski definition) is 0. The zero-order chi connectivity index (χ0) is 18.1. The van der Waals surface area contributed by atoms with Gasteiger partial charge in [-0.05, 0) is 47.7 Å². The third kappa shape index (κ3) is 3.78. The van der Waals surface area contributed by atoms with E-state index in [2.05, 4.69) is 4.90 Å². The Morgan fingerprint density at radius 1 is 0.962 bits per heavy atom. The van der Waals surface area contributed by atoms with E-state index in [-0.39, 0.29) is 29.4 Å². The number of carbonyl (C=O) groups excluding carboxylic acids is 1. The first-order chi connectivity index (χ1) is 12.6. The van der Waals surface area contributed by atoms with Gasteiger partial charge >= 0.3 is 0 Å². The summed E-state index contributed by atoms with van der Waals surface area (Å²) in [7, 11) is 0. The van der Waals surface area contributed by atoms with Crippen LogP contribution >= 0.6 is 0 Å². The van der Waals surface area contributed by atoms with Gasteiger partial charge in [-0.15, -0.1) is 0 Å². The molecule has 4 rings (SSSR count). The lowest BCUT2D eigenvalue weighted by atomic mass is 10.1. The van der Waals surface area contributed by atoms with Crippen LogP contribution in [-0.2, 0) is 11.3 Å². The van der Waals surface area contributed by atoms with E-state index in [9.17, 15) is 13.6 Å². The smallest absolute Gasteiger partial charge is 0.226 e. The minimum Gasteiger partial charge on any atom is -0.340 e. The van der Waals surface area contributed by atoms with Gasteiger partial charge in [0.05, 0.1) is 0 Å². The first-order valence-electron chi connectivity index (χ1n) is 9.11. The highest BCUT2D eigenvalue weighted by Crippen LogP contribution is 2.48. The normalized spacial score (nSPS) is 23.1. The molecule has 1 aliphatic carbocycles. The van der Waals surface area contributed by atoms with Crippen LogP contribution in [0.4, 0.5) is 8.78 Å². The van der Waals surface area contributed by atoms with Crippen LogP contribution in [0.1, 0.15) is 23.5 Å². The van der Waals surface area contributed by atoms with Crippen molar-refractivity contribution in [2.45, 2.75) is 18.9 Å². The van der Waals surface area contributed by atoms with Crippen LogP contribution in [0.5, 0.6) is 0 Å². The molecule has 1 amide bonds. The Morgan fingerprint density at radius 3 is 2.38 bits per heavy atom. The van der Waals surface area contributed by atoms with Gasteiger partial charge in [-0.2, -0.15) is 0 Å². The second kappa shape index (κ2) is 7.16. The van der Waals surface area contributed by atoms with Crippen molar-refractivity contribution in [2.75, 3.05) is 26.2 Å². The molecule has 2 aromatic rings. The maximum atomic E-state index is 13.3. The molecule has 0 N–H and O–H groups in total. The van der Waals surface area contributed by atoms with Gasteiger partial charge in [-0.1, -0.05) is 24.3 Å². The molecule has 1 heterocycles. The number of halogens is 2. The van der Waals surface area contributed by atoms with Crippen LogP contribution in [0.15, 0.2) is 48.5 Å². The quantitative estimate of drug-likeness (QED) is 0.838. The fraction of sp³-hybridized carbons (Fsp3) is 0.381. The average Bonchev–Trinajstić information content (AvgIpc) is 3.43. The third-order valence-corrected chi connectivity index (χ3v) is 5.38. The second-order valence-electron chi connectivity index (χ2n) is 7.23. The zero-order valence-corrected chi connectivity index (χ0v) is 14.6. The third-order valence-electron chi connectivity index (χ3n) is 5.38. The molecule has 0 aromatic heterocycles. The number of rotatable bonds is 4. The highest BCUT2D eigenvalue weighted by molar-refractivity contribution is 5.83. The van der Waals surface area contributed by atoms with Gasteiger partial charge in [0, 0.05) is 38.6 Å². The largest absolute Gasteiger partial charge is 0.340 e. The number of benzene rings is 2. The Labute approximate surface area is 152 Å². The Balaban J connectivity index is 1.28. The average molecular weight is 356 g/mol. The molecule has 26 heavy (non-hydrogen) atoms. The molecule has 2 atom stereocenters. The predicted molar refractivity (Wildman–Crippen MR) is 95.5 cm³/mol. The lowest BCUT2D eigenvalue weighted by molar-refractivity contribution is -0.134. The molecule has 0 unspecified atom stereocenters. The first-order valence-corrected chi connectivity index (χ1v) is 9.11. The van der Waals surface area contributed by atoms with E-state index in [1.54, 1.807) is 24.3 Å². The maximum Gasteiger partial charge on any atom is 0.226 e. The van der Waals surface area contributed by atoms with Gasteiger partial charge in [0.2, 0.25) is 5.91 Å². The molecule has 2 aliphatic rings. The van der Waals surface area contributed by atoms with Crippen LogP contribution < -0.4 is 0 Å². The van der Waals surface area contributed by atoms with Crippen molar-refractivity contribution < 1.29 is 13.6 Å². The van der Waals surface area contributed by atoms with E-state index in [0.29, 0.717) is 19.6 Å². The predicted octanol–water partition coefficient (Wildman–Crippen LogP) is 3.41. The van der Waals surface area contributed by atoms with E-state index in [1.807, 2.05) is 11.0 Å². The Morgan fingerprint density at radius 2 is 1.69 bits per heavy atom. The summed E-state index contributed by atoms with van der Waals surface area (Å²) in [5.74, 6) is 0.0250. The van der Waals surface area contributed by atoms with Gasteiger partial charge in [0.15, 0.2) is 0 Å². The van der Waals surface area contributed by atoms with Crippen molar-refractivity contribution in [1.82, 2.24) is 9.80 Å². The molecule has 5 heteroatoms. The first kappa shape index (κ1) is 17.2. The lowest BCUT2D eigenvalue weighted by Gasteiger charge is -2.35. The molecule has 136 valence electrons. The molecule has 1 aliphatic heterocycles. The van der Waals surface area contributed by atoms with E-state index >= 15 is 0 Å². The van der Waals surface area contributed by atoms with Crippen LogP contribution in [0.3, 0.4) is 0 Å². The zero-order valence-electron chi connectivity index (χ0n) is 14.6. The SMILES string of the molecule is O=C([C@@H]1C[C@H]1c1ccc(F)cc1)N1CCN(Cc2cccc(F)c2)CC1. The summed E-state index contributed by atoms with van der Waals surface area (Å²) in [6, 6.07) is 13.2. The molecule has 3 nitrogen and oxygen atoms in total. The van der Waals surface area contributed by atoms with Crippen molar-refractivity contribution >= 4 is 5.91 Å². The number of hydrogen-bond acceptors (Lipinski definition) is 2. The molecule has 1 saturated carbocycles. The van der Waals surface area contributed by atoms with E-state index in [1.165, 1.54) is 18.2 Å². The summed E-state index contributed by atoms with van der Waals surface area (Å²) in [6.45, 7) is 3.73. The van der Waals surface area contributed by atoms with E-state index < -0.39 is 0 Å². The fourth-order valence-corrected chi connectivity index (χ4v) is 3.80. The number of nitrogens with zero attached hydrogens (tertiary/aromatic N) is 2. The summed E-state index contributed by atoms with van der Waals surface area (Å²) < 4.78 is 26.3. The van der Waals surface area contributed by atoms with E-state index in [4.69, 9.17) is 0 Å². The number of piperazine rings is 1. The Bertz CT molecular complexity index is 785. The number of amides is 1. The summed E-state index contributed by atoms with van der Waals surface area (Å²) in [5, 5.41) is 0. The number of carbonyl (C=O) groups is 1. The van der Waals surface area contributed by atoms with Gasteiger partial charge < -0.3 is 4.90 Å². The van der Waals surface area contributed by atoms with Crippen molar-refractivity contribution in [2.24, 2.45) is 5.92 Å². The van der Waals surface area contributed by atoms with Crippen LogP contribution in [0, 0.1) is 17.6 Å². The summed E-state index contributed by atoms with van der Waals surface area (Å²) in [5.41, 5.74) is 2.01. The fourth-order valence-electron chi connectivity index (χ4n) is 3.80. The molecule has 0 spiro atoms. The maximum absolute atomic E-state index is 13.3. The Hall–Kier alpha value is -2.27. The van der Waals surface area contributed by atoms with Crippen molar-refractivity contribution in [1.29, 1.82) is 0 Å². The van der Waals surface area contributed by atoms with Crippen molar-refractivity contribution in [3.05, 3.63) is 71.3 Å². The topological polar surface area (TPSA) is 23.6 Å². The van der Waals surface area contributed by atoms with Gasteiger partial charge in [-0.3, -0.25) is 9.69 Å². The highest BCUT2D eigenvalue weighted by atomic mass is 19.1. The van der Waals surface area contributed by atoms with Gasteiger partial charge in [0.1, 0.15) is 11.6 Å². The van der Waals surface area contributed by atoms with Crippen molar-refractivity contribution in [3.63, 3.8) is 0 Å². The summed E-state index contributed by atoms with van der Waals surface area (Å²) in [4.78, 5) is 16.9. The van der Waals surface area contributed by atoms with E-state index in [0.717, 1.165) is 30.6 Å². The van der Waals surface area contributed by atoms with Crippen LogP contribution in [0.25, 0.3) is 0 Å². The molecule has 2 aromatic carbocycles.